The molecule has 4 N–H and O–H groups in total. The highest BCUT2D eigenvalue weighted by Gasteiger charge is 2.22. The summed E-state index contributed by atoms with van der Waals surface area (Å²) in [5.41, 5.74) is 5.46. The molecule has 0 aliphatic carbocycles. The number of primary amides is 1. The van der Waals surface area contributed by atoms with Gasteiger partial charge in [0.2, 0.25) is 5.91 Å². The zero-order valence-corrected chi connectivity index (χ0v) is 16.1. The van der Waals surface area contributed by atoms with E-state index in [-0.39, 0.29) is 17.2 Å². The third kappa shape index (κ3) is 6.92. The van der Waals surface area contributed by atoms with Gasteiger partial charge in [-0.25, -0.2) is 14.0 Å². The summed E-state index contributed by atoms with van der Waals surface area (Å²) in [6.45, 7) is 1.29. The molecule has 10 heteroatoms. The number of carbonyl (C=O) groups is 4. The van der Waals surface area contributed by atoms with E-state index in [1.165, 1.54) is 37.3 Å². The number of amides is 4. The van der Waals surface area contributed by atoms with Crippen LogP contribution in [0.5, 0.6) is 0 Å². The molecule has 8 nitrogen and oxygen atoms in total. The van der Waals surface area contributed by atoms with E-state index in [1.807, 2.05) is 5.32 Å². The van der Waals surface area contributed by atoms with Crippen LogP contribution in [0.3, 0.4) is 0 Å². The minimum Gasteiger partial charge on any atom is -0.449 e. The topological polar surface area (TPSA) is 128 Å². The number of benzene rings is 2. The van der Waals surface area contributed by atoms with E-state index in [1.54, 1.807) is 18.2 Å². The van der Waals surface area contributed by atoms with Crippen LogP contribution in [-0.4, -0.2) is 35.7 Å². The number of urea groups is 1. The Labute approximate surface area is 170 Å². The van der Waals surface area contributed by atoms with E-state index in [2.05, 4.69) is 5.32 Å². The second kappa shape index (κ2) is 10.2. The van der Waals surface area contributed by atoms with E-state index in [0.29, 0.717) is 10.6 Å². The Hall–Kier alpha value is -3.40. The summed E-state index contributed by atoms with van der Waals surface area (Å²) >= 11 is 1.09. The van der Waals surface area contributed by atoms with E-state index in [9.17, 15) is 23.6 Å². The molecule has 152 valence electrons. The van der Waals surface area contributed by atoms with Crippen molar-refractivity contribution in [1.82, 2.24) is 5.32 Å². The largest absolute Gasteiger partial charge is 0.449 e. The van der Waals surface area contributed by atoms with Crippen LogP contribution in [0.25, 0.3) is 0 Å². The maximum atomic E-state index is 12.9. The van der Waals surface area contributed by atoms with Gasteiger partial charge in [0.1, 0.15) is 5.82 Å². The van der Waals surface area contributed by atoms with Crippen LogP contribution in [0.15, 0.2) is 53.4 Å². The van der Waals surface area contributed by atoms with Crippen molar-refractivity contribution < 1.29 is 28.3 Å². The normalized spacial score (nSPS) is 11.2. The van der Waals surface area contributed by atoms with Crippen LogP contribution in [-0.2, 0) is 14.3 Å². The summed E-state index contributed by atoms with van der Waals surface area (Å²) < 4.78 is 18.0. The van der Waals surface area contributed by atoms with Crippen LogP contribution in [0.4, 0.5) is 14.9 Å². The highest BCUT2D eigenvalue weighted by atomic mass is 32.2. The van der Waals surface area contributed by atoms with Gasteiger partial charge in [0.25, 0.3) is 5.91 Å². The number of ether oxygens (including phenoxy) is 1. The van der Waals surface area contributed by atoms with Gasteiger partial charge in [-0.05, 0) is 43.3 Å². The number of carbonyl (C=O) groups excluding carboxylic acids is 4. The molecule has 0 fully saturated rings. The lowest BCUT2D eigenvalue weighted by Crippen LogP contribution is -2.42. The maximum absolute atomic E-state index is 12.9. The summed E-state index contributed by atoms with van der Waals surface area (Å²) in [7, 11) is 0. The Kier molecular flexibility index (Phi) is 7.72. The third-order valence-electron chi connectivity index (χ3n) is 3.49. The van der Waals surface area contributed by atoms with Crippen molar-refractivity contribution in [2.24, 2.45) is 5.73 Å². The van der Waals surface area contributed by atoms with Gasteiger partial charge in [0.05, 0.1) is 11.3 Å². The van der Waals surface area contributed by atoms with E-state index < -0.39 is 29.8 Å². The number of nitrogens with two attached hydrogens (primary N) is 1. The van der Waals surface area contributed by atoms with Crippen molar-refractivity contribution in [1.29, 1.82) is 0 Å². The average molecular weight is 419 g/mol. The number of thioether (sulfide) groups is 1. The summed E-state index contributed by atoms with van der Waals surface area (Å²) in [6, 6.07) is 10.7. The van der Waals surface area contributed by atoms with Crippen molar-refractivity contribution >= 4 is 41.3 Å². The number of nitrogens with one attached hydrogen (secondary N) is 2. The first-order valence-electron chi connectivity index (χ1n) is 8.35. The van der Waals surface area contributed by atoms with Crippen molar-refractivity contribution in [3.63, 3.8) is 0 Å². The first kappa shape index (κ1) is 21.9. The predicted molar refractivity (Wildman–Crippen MR) is 105 cm³/mol. The van der Waals surface area contributed by atoms with Gasteiger partial charge in [0.15, 0.2) is 6.10 Å². The number of imide groups is 1. The minimum absolute atomic E-state index is 0.0145. The van der Waals surface area contributed by atoms with Crippen molar-refractivity contribution in [3.8, 4) is 0 Å². The molecule has 29 heavy (non-hydrogen) atoms. The standard InChI is InChI=1S/C19H18FN3O5S/c1-11(17(25)23-19(21)27)28-18(26)14-4-2-3-5-15(14)29-10-16(24)22-13-8-6-12(20)7-9-13/h2-9,11H,10H2,1H3,(H,22,24)(H3,21,23,25,27)/t11-/m1/s1. The molecule has 0 aromatic heterocycles. The summed E-state index contributed by atoms with van der Waals surface area (Å²) in [6.07, 6.45) is -1.24. The van der Waals surface area contributed by atoms with Crippen molar-refractivity contribution in [3.05, 3.63) is 59.9 Å². The predicted octanol–water partition coefficient (Wildman–Crippen LogP) is 2.30. The van der Waals surface area contributed by atoms with Crippen LogP contribution in [0.1, 0.15) is 17.3 Å². The number of esters is 1. The fraction of sp³-hybridized carbons (Fsp3) is 0.158. The molecule has 0 heterocycles. The minimum atomic E-state index is -1.24. The molecule has 0 bridgehead atoms. The molecule has 1 atom stereocenters. The molecule has 2 aromatic rings. The van der Waals surface area contributed by atoms with Crippen molar-refractivity contribution in [2.45, 2.75) is 17.9 Å². The Bertz CT molecular complexity index is 920. The lowest BCUT2D eigenvalue weighted by molar-refractivity contribution is -0.127. The first-order valence-corrected chi connectivity index (χ1v) is 9.33. The molecule has 4 amide bonds. The quantitative estimate of drug-likeness (QED) is 0.467. The molecule has 0 radical (unpaired) electrons. The number of hydrogen-bond acceptors (Lipinski definition) is 6. The van der Waals surface area contributed by atoms with E-state index in [0.717, 1.165) is 11.8 Å². The molecule has 0 unspecified atom stereocenters. The zero-order valence-electron chi connectivity index (χ0n) is 15.3. The van der Waals surface area contributed by atoms with Gasteiger partial charge in [-0.1, -0.05) is 12.1 Å². The molecule has 0 spiro atoms. The highest BCUT2D eigenvalue weighted by Crippen LogP contribution is 2.24. The van der Waals surface area contributed by atoms with Crippen LogP contribution < -0.4 is 16.4 Å². The van der Waals surface area contributed by atoms with Gasteiger partial charge in [-0.15, -0.1) is 11.8 Å². The highest BCUT2D eigenvalue weighted by molar-refractivity contribution is 8.00. The lowest BCUT2D eigenvalue weighted by atomic mass is 10.2. The Morgan fingerprint density at radius 1 is 1.10 bits per heavy atom. The summed E-state index contributed by atoms with van der Waals surface area (Å²) in [5.74, 6) is -2.42. The summed E-state index contributed by atoms with van der Waals surface area (Å²) in [4.78, 5) is 47.3. The Balaban J connectivity index is 1.97. The van der Waals surface area contributed by atoms with Crippen LogP contribution in [0.2, 0.25) is 0 Å². The van der Waals surface area contributed by atoms with E-state index in [4.69, 9.17) is 10.5 Å². The Morgan fingerprint density at radius 3 is 2.41 bits per heavy atom. The molecule has 2 rings (SSSR count). The molecular formula is C19H18FN3O5S. The van der Waals surface area contributed by atoms with Gasteiger partial charge >= 0.3 is 12.0 Å². The van der Waals surface area contributed by atoms with Gasteiger partial charge in [-0.3, -0.25) is 14.9 Å². The SMILES string of the molecule is C[C@@H](OC(=O)c1ccccc1SCC(=O)Nc1ccc(F)cc1)C(=O)NC(N)=O. The smallest absolute Gasteiger partial charge is 0.340 e. The van der Waals surface area contributed by atoms with Crippen LogP contribution in [0, 0.1) is 5.82 Å². The molecule has 0 aliphatic heterocycles. The maximum Gasteiger partial charge on any atom is 0.340 e. The molecule has 0 saturated carbocycles. The number of hydrogen-bond donors (Lipinski definition) is 3. The molecule has 0 saturated heterocycles. The zero-order chi connectivity index (χ0) is 21.4. The first-order chi connectivity index (χ1) is 13.8. The number of anilines is 1. The fourth-order valence-corrected chi connectivity index (χ4v) is 2.98. The number of rotatable bonds is 7. The molecule has 2 aromatic carbocycles. The van der Waals surface area contributed by atoms with E-state index >= 15 is 0 Å². The fourth-order valence-electron chi connectivity index (χ4n) is 2.14. The monoisotopic (exact) mass is 419 g/mol. The van der Waals surface area contributed by atoms with Gasteiger partial charge in [0, 0.05) is 10.6 Å². The average Bonchev–Trinajstić information content (AvgIpc) is 2.67. The Morgan fingerprint density at radius 2 is 1.76 bits per heavy atom. The lowest BCUT2D eigenvalue weighted by Gasteiger charge is -2.14. The van der Waals surface area contributed by atoms with Crippen LogP contribution >= 0.6 is 11.8 Å². The molecular weight excluding hydrogens is 401 g/mol. The second-order valence-corrected chi connectivity index (χ2v) is 6.76. The number of halogens is 1. The van der Waals surface area contributed by atoms with Crippen molar-refractivity contribution in [2.75, 3.05) is 11.1 Å². The van der Waals surface area contributed by atoms with Gasteiger partial charge in [-0.2, -0.15) is 0 Å². The van der Waals surface area contributed by atoms with Gasteiger partial charge < -0.3 is 15.8 Å². The summed E-state index contributed by atoms with van der Waals surface area (Å²) in [5, 5.41) is 4.44. The molecule has 0 aliphatic rings. The second-order valence-electron chi connectivity index (χ2n) is 5.74. The third-order valence-corrected chi connectivity index (χ3v) is 4.57.